The summed E-state index contributed by atoms with van der Waals surface area (Å²) in [5.41, 5.74) is 2.86. The molecule has 1 aromatic carbocycles. The molecule has 0 radical (unpaired) electrons. The summed E-state index contributed by atoms with van der Waals surface area (Å²) in [6.45, 7) is 6.37. The van der Waals surface area contributed by atoms with Crippen molar-refractivity contribution in [2.24, 2.45) is 10.9 Å². The summed E-state index contributed by atoms with van der Waals surface area (Å²) in [6.07, 6.45) is 11.5. The first kappa shape index (κ1) is 26.4. The Balaban J connectivity index is 0.000000726. The first-order chi connectivity index (χ1) is 17.7. The summed E-state index contributed by atoms with van der Waals surface area (Å²) in [4.78, 5) is 10.8. The summed E-state index contributed by atoms with van der Waals surface area (Å²) < 4.78 is 2.45. The predicted octanol–water partition coefficient (Wildman–Crippen LogP) is 5.77. The van der Waals surface area contributed by atoms with Crippen LogP contribution in [0.2, 0.25) is 0 Å². The van der Waals surface area contributed by atoms with Crippen LogP contribution in [0, 0.1) is 5.92 Å². The molecule has 3 aliphatic heterocycles. The van der Waals surface area contributed by atoms with Crippen LogP contribution in [0.5, 0.6) is 0 Å². The third kappa shape index (κ3) is 5.99. The lowest BCUT2D eigenvalue weighted by Gasteiger charge is -2.35. The number of nitrogens with zero attached hydrogens (tertiary/aromatic N) is 5. The molecule has 4 aliphatic rings. The quantitative estimate of drug-likeness (QED) is 0.258. The molecule has 1 unspecified atom stereocenters. The number of hydrogen-bond acceptors (Lipinski definition) is 9. The molecule has 4 heterocycles. The number of fused-ring (bicyclic) bond motifs is 1. The largest absolute Gasteiger partial charge is 0.340 e. The SMILES string of the molecule is CC.CN1C(C2CC2)C=C2N=C(c3ccccn3)C=C(Nc3ccc(SN4CCCC4)cc3)N21.OO. The van der Waals surface area contributed by atoms with E-state index in [1.165, 1.54) is 43.7 Å². The number of allylic oxidation sites excluding steroid dienone is 1. The highest BCUT2D eigenvalue weighted by Gasteiger charge is 2.42. The third-order valence-electron chi connectivity index (χ3n) is 6.48. The van der Waals surface area contributed by atoms with Crippen LogP contribution in [0.3, 0.4) is 0 Å². The number of aromatic nitrogens is 1. The standard InChI is InChI=1S/C25H28N6S.C2H6.H2O2/c1-29-23(18-7-8-18)17-25-28-22(21-6-2-3-13-26-21)16-24(31(25)29)27-19-9-11-20(12-10-19)32-30-14-4-5-15-30;2*1-2/h2-3,6,9-13,16-18,23,27H,4-5,7-8,14-15H2,1H3;1-2H3;1-2H. The minimum absolute atomic E-state index is 0.404. The van der Waals surface area contributed by atoms with E-state index in [9.17, 15) is 0 Å². The highest BCUT2D eigenvalue weighted by atomic mass is 32.2. The molecule has 2 fully saturated rings. The number of nitrogens with one attached hydrogen (secondary N) is 1. The number of benzene rings is 1. The highest BCUT2D eigenvalue weighted by molar-refractivity contribution is 7.97. The van der Waals surface area contributed by atoms with Gasteiger partial charge in [0.25, 0.3) is 0 Å². The Hall–Kier alpha value is -2.69. The van der Waals surface area contributed by atoms with Crippen LogP contribution in [0.1, 0.15) is 45.2 Å². The Morgan fingerprint density at radius 3 is 2.36 bits per heavy atom. The molecule has 1 saturated carbocycles. The van der Waals surface area contributed by atoms with Gasteiger partial charge in [-0.1, -0.05) is 19.9 Å². The zero-order valence-electron chi connectivity index (χ0n) is 21.2. The smallest absolute Gasteiger partial charge is 0.147 e. The summed E-state index contributed by atoms with van der Waals surface area (Å²) in [5, 5.41) is 20.2. The number of hydrazine groups is 1. The van der Waals surface area contributed by atoms with Gasteiger partial charge in [0.1, 0.15) is 11.6 Å². The van der Waals surface area contributed by atoms with Gasteiger partial charge in [-0.25, -0.2) is 19.3 Å². The monoisotopic (exact) mass is 508 g/mol. The van der Waals surface area contributed by atoms with Crippen molar-refractivity contribution in [3.05, 3.63) is 78.1 Å². The number of rotatable bonds is 6. The van der Waals surface area contributed by atoms with Gasteiger partial charge in [-0.2, -0.15) is 0 Å². The van der Waals surface area contributed by atoms with Gasteiger partial charge >= 0.3 is 0 Å². The molecular weight excluding hydrogens is 472 g/mol. The van der Waals surface area contributed by atoms with Crippen LogP contribution in [-0.2, 0) is 0 Å². The minimum atomic E-state index is 0.404. The van der Waals surface area contributed by atoms with Crippen molar-refractivity contribution >= 4 is 23.3 Å². The Kier molecular flexibility index (Phi) is 9.17. The first-order valence-corrected chi connectivity index (χ1v) is 13.5. The Morgan fingerprint density at radius 1 is 1.00 bits per heavy atom. The van der Waals surface area contributed by atoms with Crippen LogP contribution in [0.4, 0.5) is 5.69 Å². The fraction of sp³-hybridized carbons (Fsp3) is 0.407. The van der Waals surface area contributed by atoms with Crippen LogP contribution in [-0.4, -0.2) is 61.7 Å². The van der Waals surface area contributed by atoms with Gasteiger partial charge in [0.15, 0.2) is 0 Å². The molecule has 6 rings (SSSR count). The van der Waals surface area contributed by atoms with Crippen LogP contribution < -0.4 is 5.32 Å². The summed E-state index contributed by atoms with van der Waals surface area (Å²) >= 11 is 1.87. The molecule has 1 saturated heterocycles. The van der Waals surface area contributed by atoms with Crippen molar-refractivity contribution in [1.29, 1.82) is 0 Å². The molecule has 1 aromatic heterocycles. The molecule has 2 aromatic rings. The number of likely N-dealkylation sites (N-methyl/N-ethyl adjacent to an activating group) is 1. The van der Waals surface area contributed by atoms with E-state index >= 15 is 0 Å². The van der Waals surface area contributed by atoms with Gasteiger partial charge < -0.3 is 5.32 Å². The third-order valence-corrected chi connectivity index (χ3v) is 7.59. The van der Waals surface area contributed by atoms with Crippen molar-refractivity contribution in [2.45, 2.75) is 50.5 Å². The van der Waals surface area contributed by atoms with Gasteiger partial charge in [-0.05, 0) is 86.0 Å². The number of aliphatic imine (C=N–C) groups is 1. The zero-order valence-corrected chi connectivity index (χ0v) is 22.0. The van der Waals surface area contributed by atoms with Crippen molar-refractivity contribution in [3.63, 3.8) is 0 Å². The Bertz CT molecular complexity index is 1080. The predicted molar refractivity (Wildman–Crippen MR) is 146 cm³/mol. The topological polar surface area (TPSA) is 87.5 Å². The normalized spacial score (nSPS) is 21.3. The maximum atomic E-state index is 6.00. The average molecular weight is 509 g/mol. The fourth-order valence-corrected chi connectivity index (χ4v) is 5.64. The minimum Gasteiger partial charge on any atom is -0.340 e. The number of anilines is 1. The molecule has 0 bridgehead atoms. The second-order valence-corrected chi connectivity index (χ2v) is 10.0. The summed E-state index contributed by atoms with van der Waals surface area (Å²) in [5.74, 6) is 2.73. The number of pyridine rings is 1. The molecule has 0 amide bonds. The molecule has 9 heteroatoms. The molecule has 1 aliphatic carbocycles. The van der Waals surface area contributed by atoms with Gasteiger partial charge in [0.2, 0.25) is 0 Å². The van der Waals surface area contributed by atoms with E-state index in [1.807, 2.05) is 50.2 Å². The van der Waals surface area contributed by atoms with Crippen LogP contribution in [0.15, 0.2) is 82.3 Å². The van der Waals surface area contributed by atoms with Gasteiger partial charge in [0.05, 0.1) is 17.4 Å². The van der Waals surface area contributed by atoms with E-state index < -0.39 is 0 Å². The van der Waals surface area contributed by atoms with Crippen molar-refractivity contribution in [3.8, 4) is 0 Å². The van der Waals surface area contributed by atoms with Crippen LogP contribution >= 0.6 is 11.9 Å². The molecule has 192 valence electrons. The molecule has 3 N–H and O–H groups in total. The molecule has 8 nitrogen and oxygen atoms in total. The number of hydrogen-bond donors (Lipinski definition) is 3. The Morgan fingerprint density at radius 2 is 1.72 bits per heavy atom. The van der Waals surface area contributed by atoms with E-state index in [0.29, 0.717) is 6.04 Å². The Labute approximate surface area is 218 Å². The lowest BCUT2D eigenvalue weighted by molar-refractivity contribution is -0.176. The van der Waals surface area contributed by atoms with Crippen molar-refractivity contribution < 1.29 is 10.5 Å². The lowest BCUT2D eigenvalue weighted by Crippen LogP contribution is -2.42. The van der Waals surface area contributed by atoms with E-state index in [2.05, 4.69) is 68.1 Å². The summed E-state index contributed by atoms with van der Waals surface area (Å²) in [6, 6.07) is 15.1. The first-order valence-electron chi connectivity index (χ1n) is 12.7. The average Bonchev–Trinajstić information content (AvgIpc) is 3.55. The maximum Gasteiger partial charge on any atom is 0.147 e. The van der Waals surface area contributed by atoms with Crippen LogP contribution in [0.25, 0.3) is 0 Å². The zero-order chi connectivity index (χ0) is 25.5. The second-order valence-electron chi connectivity index (χ2n) is 8.86. The van der Waals surface area contributed by atoms with E-state index in [-0.39, 0.29) is 0 Å². The molecule has 1 atom stereocenters. The van der Waals surface area contributed by atoms with E-state index in [0.717, 1.165) is 34.7 Å². The van der Waals surface area contributed by atoms with Gasteiger partial charge in [0, 0.05) is 43.0 Å². The van der Waals surface area contributed by atoms with E-state index in [4.69, 9.17) is 15.5 Å². The molecule has 0 spiro atoms. The maximum absolute atomic E-state index is 6.00. The van der Waals surface area contributed by atoms with Gasteiger partial charge in [-0.3, -0.25) is 15.5 Å². The van der Waals surface area contributed by atoms with Crippen molar-refractivity contribution in [2.75, 3.05) is 25.5 Å². The lowest BCUT2D eigenvalue weighted by atomic mass is 10.2. The molecular formula is C27H36N6O2S. The van der Waals surface area contributed by atoms with E-state index in [1.54, 1.807) is 0 Å². The highest BCUT2D eigenvalue weighted by Crippen LogP contribution is 2.42. The van der Waals surface area contributed by atoms with Gasteiger partial charge in [-0.15, -0.1) is 0 Å². The molecule has 36 heavy (non-hydrogen) atoms. The summed E-state index contributed by atoms with van der Waals surface area (Å²) in [7, 11) is 2.17. The van der Waals surface area contributed by atoms with Crippen molar-refractivity contribution in [1.82, 2.24) is 19.3 Å². The fourth-order valence-electron chi connectivity index (χ4n) is 4.64. The second kappa shape index (κ2) is 12.5.